The van der Waals surface area contributed by atoms with E-state index in [0.717, 1.165) is 41.4 Å². The van der Waals surface area contributed by atoms with Crippen molar-refractivity contribution in [1.82, 2.24) is 9.97 Å². The van der Waals surface area contributed by atoms with Crippen LogP contribution in [0.3, 0.4) is 0 Å². The molecule has 40 heavy (non-hydrogen) atoms. The van der Waals surface area contributed by atoms with Crippen LogP contribution in [0.2, 0.25) is 5.04 Å². The van der Waals surface area contributed by atoms with Crippen LogP contribution in [0.25, 0.3) is 0 Å². The molecule has 4 aromatic rings. The Morgan fingerprint density at radius 1 is 0.950 bits per heavy atom. The van der Waals surface area contributed by atoms with Gasteiger partial charge in [0, 0.05) is 11.5 Å². The maximum Gasteiger partial charge on any atom is 0.258 e. The highest BCUT2D eigenvalue weighted by atomic mass is 28.4. The number of nitrogens with zero attached hydrogens (tertiary/aromatic N) is 2. The molecule has 0 saturated heterocycles. The molecule has 4 nitrogen and oxygen atoms in total. The van der Waals surface area contributed by atoms with Crippen molar-refractivity contribution in [3.8, 4) is 5.75 Å². The summed E-state index contributed by atoms with van der Waals surface area (Å²) >= 11 is 0. The topological polar surface area (TPSA) is 55.2 Å². The Kier molecular flexibility index (Phi) is 7.64. The maximum atomic E-state index is 14.4. The van der Waals surface area contributed by atoms with E-state index < -0.39 is 30.4 Å². The first-order valence-electron chi connectivity index (χ1n) is 13.8. The van der Waals surface area contributed by atoms with Crippen LogP contribution in [0.4, 0.5) is 8.78 Å². The van der Waals surface area contributed by atoms with Gasteiger partial charge in [-0.3, -0.25) is 0 Å². The van der Waals surface area contributed by atoms with Crippen molar-refractivity contribution in [1.29, 1.82) is 0 Å². The first-order chi connectivity index (χ1) is 19.0. The van der Waals surface area contributed by atoms with Crippen molar-refractivity contribution in [3.05, 3.63) is 114 Å². The number of aromatic nitrogens is 2. The average molecular weight is 559 g/mol. The lowest BCUT2D eigenvalue weighted by Crippen LogP contribution is -2.65. The number of ether oxygens (including phenoxy) is 1. The molecule has 0 aliphatic heterocycles. The van der Waals surface area contributed by atoms with Crippen LogP contribution >= 0.6 is 0 Å². The van der Waals surface area contributed by atoms with Crippen molar-refractivity contribution in [2.45, 2.75) is 57.4 Å². The maximum absolute atomic E-state index is 14.4. The van der Waals surface area contributed by atoms with Gasteiger partial charge in [0.2, 0.25) is 0 Å². The first-order valence-corrected chi connectivity index (χ1v) is 15.7. The number of halogens is 2. The molecule has 0 amide bonds. The van der Waals surface area contributed by atoms with Crippen molar-refractivity contribution in [3.63, 3.8) is 0 Å². The second kappa shape index (κ2) is 10.9. The molecular formula is C33H36F2N2O2Si. The molecule has 2 atom stereocenters. The van der Waals surface area contributed by atoms with Crippen LogP contribution in [0.1, 0.15) is 50.2 Å². The third kappa shape index (κ3) is 5.32. The van der Waals surface area contributed by atoms with Gasteiger partial charge in [-0.05, 0) is 72.1 Å². The van der Waals surface area contributed by atoms with E-state index in [1.807, 2.05) is 74.5 Å². The molecule has 5 rings (SSSR count). The van der Waals surface area contributed by atoms with E-state index in [2.05, 4.69) is 23.8 Å². The van der Waals surface area contributed by atoms with E-state index >= 15 is 0 Å². The van der Waals surface area contributed by atoms with Crippen LogP contribution in [0, 0.1) is 31.4 Å². The summed E-state index contributed by atoms with van der Waals surface area (Å²) in [4.78, 5) is 21.2. The normalized spacial score (nSPS) is 18.9. The summed E-state index contributed by atoms with van der Waals surface area (Å²) in [5, 5.41) is 1.52. The smallest absolute Gasteiger partial charge is 0.258 e. The van der Waals surface area contributed by atoms with Gasteiger partial charge in [0.1, 0.15) is 17.5 Å². The van der Waals surface area contributed by atoms with Gasteiger partial charge in [-0.15, -0.1) is 0 Å². The Morgan fingerprint density at radius 3 is 2.08 bits per heavy atom. The number of rotatable bonds is 10. The summed E-state index contributed by atoms with van der Waals surface area (Å²) in [6.45, 7) is 8.25. The van der Waals surface area contributed by atoms with Crippen molar-refractivity contribution < 1.29 is 18.3 Å². The molecule has 0 radical (unpaired) electrons. The van der Waals surface area contributed by atoms with Crippen LogP contribution in [-0.2, 0) is 5.41 Å². The molecule has 3 aromatic carbocycles. The van der Waals surface area contributed by atoms with E-state index in [9.17, 15) is 13.6 Å². The summed E-state index contributed by atoms with van der Waals surface area (Å²) in [7, 11) is -3.16. The minimum absolute atomic E-state index is 0.143. The molecule has 1 aliphatic carbocycles. The van der Waals surface area contributed by atoms with E-state index in [-0.39, 0.29) is 12.5 Å². The SMILES string of the molecule is Cc1ncc(OC[C@@]2(c3cc(F)cc(F)c3)C[C@H]2CCC(C)(C)[Si](O)(c2ccccc2)c2ccccc2)c(C)n1. The van der Waals surface area contributed by atoms with Crippen LogP contribution < -0.4 is 15.1 Å². The second-order valence-corrected chi connectivity index (χ2v) is 15.7. The van der Waals surface area contributed by atoms with Gasteiger partial charge in [0.05, 0.1) is 18.5 Å². The molecule has 1 aromatic heterocycles. The lowest BCUT2D eigenvalue weighted by molar-refractivity contribution is 0.259. The molecule has 0 bridgehead atoms. The standard InChI is InChI=1S/C33H36F2N2O2Si/c1-23-31(21-36-24(2)37-23)39-22-33(26-17-27(34)19-28(35)18-26)20-25(33)15-16-32(3,4)40(38,29-11-7-5-8-12-29)30-13-9-6-10-14-30/h5-14,17-19,21,25,38H,15-16,20,22H2,1-4H3/t25-,33+/m1/s1. The fourth-order valence-corrected chi connectivity index (χ4v) is 9.91. The Balaban J connectivity index is 1.42. The van der Waals surface area contributed by atoms with E-state index in [1.165, 1.54) is 12.1 Å². The number of aryl methyl sites for hydroxylation is 2. The Labute approximate surface area is 236 Å². The van der Waals surface area contributed by atoms with Crippen LogP contribution in [0.15, 0.2) is 85.1 Å². The number of hydrogen-bond donors (Lipinski definition) is 1. The quantitative estimate of drug-likeness (QED) is 0.242. The lowest BCUT2D eigenvalue weighted by Gasteiger charge is -2.41. The van der Waals surface area contributed by atoms with Gasteiger partial charge in [-0.1, -0.05) is 74.5 Å². The molecule has 1 N–H and O–H groups in total. The molecule has 7 heteroatoms. The van der Waals surface area contributed by atoms with Crippen molar-refractivity contribution >= 4 is 18.7 Å². The summed E-state index contributed by atoms with van der Waals surface area (Å²) in [6, 6.07) is 23.7. The Hall–Kier alpha value is -3.42. The van der Waals surface area contributed by atoms with E-state index in [4.69, 9.17) is 4.74 Å². The summed E-state index contributed by atoms with van der Waals surface area (Å²) in [5.41, 5.74) is 0.806. The highest BCUT2D eigenvalue weighted by Crippen LogP contribution is 2.58. The van der Waals surface area contributed by atoms with Gasteiger partial charge >= 0.3 is 0 Å². The Morgan fingerprint density at radius 2 is 1.52 bits per heavy atom. The first kappa shape index (κ1) is 28.1. The average Bonchev–Trinajstić information content (AvgIpc) is 3.66. The molecule has 1 heterocycles. The molecule has 1 saturated carbocycles. The minimum atomic E-state index is -3.16. The zero-order valence-corrected chi connectivity index (χ0v) is 24.5. The third-order valence-corrected chi connectivity index (χ3v) is 13.2. The van der Waals surface area contributed by atoms with Gasteiger partial charge in [0.15, 0.2) is 5.75 Å². The van der Waals surface area contributed by atoms with Crippen molar-refractivity contribution in [2.75, 3.05) is 6.61 Å². The van der Waals surface area contributed by atoms with Crippen molar-refractivity contribution in [2.24, 2.45) is 5.92 Å². The Bertz CT molecular complexity index is 1420. The zero-order valence-electron chi connectivity index (χ0n) is 23.5. The largest absolute Gasteiger partial charge is 0.489 e. The predicted octanol–water partition coefficient (Wildman–Crippen LogP) is 6.02. The zero-order chi connectivity index (χ0) is 28.5. The van der Waals surface area contributed by atoms with Crippen LogP contribution in [0.5, 0.6) is 5.75 Å². The summed E-state index contributed by atoms with van der Waals surface area (Å²) in [6.07, 6.45) is 3.93. The molecular weight excluding hydrogens is 522 g/mol. The van der Waals surface area contributed by atoms with Gasteiger partial charge in [-0.2, -0.15) is 0 Å². The number of hydrogen-bond acceptors (Lipinski definition) is 4. The highest BCUT2D eigenvalue weighted by Gasteiger charge is 2.57. The van der Waals surface area contributed by atoms with Gasteiger partial charge in [-0.25, -0.2) is 18.7 Å². The molecule has 208 valence electrons. The molecule has 1 aliphatic rings. The fourth-order valence-electron chi connectivity index (χ4n) is 6.16. The van der Waals surface area contributed by atoms with E-state index in [0.29, 0.717) is 17.1 Å². The lowest BCUT2D eigenvalue weighted by atomic mass is 9.91. The molecule has 0 spiro atoms. The highest BCUT2D eigenvalue weighted by molar-refractivity contribution is 6.98. The summed E-state index contributed by atoms with van der Waals surface area (Å²) < 4.78 is 34.9. The fraction of sp³-hybridized carbons (Fsp3) is 0.333. The second-order valence-electron chi connectivity index (χ2n) is 11.7. The monoisotopic (exact) mass is 558 g/mol. The summed E-state index contributed by atoms with van der Waals surface area (Å²) in [5.74, 6) is 0.189. The van der Waals surface area contributed by atoms with E-state index in [1.54, 1.807) is 6.20 Å². The minimum Gasteiger partial charge on any atom is -0.489 e. The van der Waals surface area contributed by atoms with Gasteiger partial charge in [0.25, 0.3) is 8.32 Å². The van der Waals surface area contributed by atoms with Gasteiger partial charge < -0.3 is 9.53 Å². The molecule has 1 fully saturated rings. The predicted molar refractivity (Wildman–Crippen MR) is 157 cm³/mol. The number of benzene rings is 3. The third-order valence-electron chi connectivity index (χ3n) is 8.69. The molecule has 0 unspecified atom stereocenters. The van der Waals surface area contributed by atoms with Crippen LogP contribution in [-0.4, -0.2) is 29.7 Å².